The van der Waals surface area contributed by atoms with E-state index < -0.39 is 0 Å². The van der Waals surface area contributed by atoms with Crippen LogP contribution in [0, 0.1) is 17.2 Å². The Labute approximate surface area is 127 Å². The third-order valence-electron chi connectivity index (χ3n) is 4.03. The summed E-state index contributed by atoms with van der Waals surface area (Å²) >= 11 is 3.55. The molecule has 0 spiro atoms. The first-order valence-electron chi connectivity index (χ1n) is 6.92. The highest BCUT2D eigenvalue weighted by Crippen LogP contribution is 2.32. The molecule has 1 aliphatic heterocycles. The van der Waals surface area contributed by atoms with E-state index in [4.69, 9.17) is 5.26 Å². The van der Waals surface area contributed by atoms with Gasteiger partial charge in [-0.1, -0.05) is 13.0 Å². The highest BCUT2D eigenvalue weighted by molar-refractivity contribution is 9.10. The maximum Gasteiger partial charge on any atom is 0.136 e. The van der Waals surface area contributed by atoms with Gasteiger partial charge in [0.15, 0.2) is 0 Å². The van der Waals surface area contributed by atoms with Crippen molar-refractivity contribution in [2.45, 2.75) is 19.8 Å². The first-order chi connectivity index (χ1) is 9.69. The molecule has 1 fully saturated rings. The average molecular weight is 330 g/mol. The van der Waals surface area contributed by atoms with Gasteiger partial charge < -0.3 is 4.90 Å². The van der Waals surface area contributed by atoms with Gasteiger partial charge in [-0.15, -0.1) is 0 Å². The van der Waals surface area contributed by atoms with E-state index in [1.54, 1.807) is 0 Å². The lowest BCUT2D eigenvalue weighted by Gasteiger charge is -2.32. The second-order valence-electron chi connectivity index (χ2n) is 5.47. The van der Waals surface area contributed by atoms with E-state index in [9.17, 15) is 0 Å². The van der Waals surface area contributed by atoms with E-state index in [0.29, 0.717) is 5.56 Å². The normalized spacial score (nSPS) is 16.4. The van der Waals surface area contributed by atoms with E-state index in [1.165, 1.54) is 12.8 Å². The highest BCUT2D eigenvalue weighted by atomic mass is 79.9. The lowest BCUT2D eigenvalue weighted by atomic mass is 9.98. The fraction of sp³-hybridized carbons (Fsp3) is 0.375. The van der Waals surface area contributed by atoms with Crippen LogP contribution in [0.15, 0.2) is 28.9 Å². The molecule has 0 bridgehead atoms. The summed E-state index contributed by atoms with van der Waals surface area (Å²) in [5, 5.41) is 11.3. The second-order valence-corrected chi connectivity index (χ2v) is 6.33. The molecule has 2 aromatic rings. The maximum absolute atomic E-state index is 9.11. The molecule has 1 aromatic heterocycles. The van der Waals surface area contributed by atoms with Crippen molar-refractivity contribution < 1.29 is 0 Å². The first-order valence-corrected chi connectivity index (χ1v) is 7.71. The molecule has 1 aliphatic rings. The van der Waals surface area contributed by atoms with Crippen LogP contribution in [0.4, 0.5) is 5.82 Å². The zero-order chi connectivity index (χ0) is 14.1. The van der Waals surface area contributed by atoms with Gasteiger partial charge >= 0.3 is 0 Å². The summed E-state index contributed by atoms with van der Waals surface area (Å²) in [4.78, 5) is 6.94. The molecule has 0 radical (unpaired) electrons. The number of fused-ring (bicyclic) bond motifs is 1. The minimum absolute atomic E-state index is 0.684. The third-order valence-corrected chi connectivity index (χ3v) is 4.66. The molecule has 3 nitrogen and oxygen atoms in total. The number of anilines is 1. The lowest BCUT2D eigenvalue weighted by molar-refractivity contribution is 0.437. The van der Waals surface area contributed by atoms with Gasteiger partial charge in [0.1, 0.15) is 5.82 Å². The fourth-order valence-corrected chi connectivity index (χ4v) is 3.18. The molecule has 0 amide bonds. The van der Waals surface area contributed by atoms with E-state index in [0.717, 1.165) is 40.1 Å². The monoisotopic (exact) mass is 329 g/mol. The number of rotatable bonds is 1. The fourth-order valence-electron chi connectivity index (χ4n) is 2.74. The smallest absolute Gasteiger partial charge is 0.136 e. The number of benzene rings is 1. The molecule has 2 heterocycles. The molecule has 102 valence electrons. The molecule has 0 atom stereocenters. The van der Waals surface area contributed by atoms with Crippen LogP contribution in [0.25, 0.3) is 10.8 Å². The van der Waals surface area contributed by atoms with Crippen LogP contribution in [0.5, 0.6) is 0 Å². The SMILES string of the molecule is CC1CCN(c2ncc(Br)c3ccc(C#N)cc23)CC1. The molecule has 1 aromatic carbocycles. The predicted molar refractivity (Wildman–Crippen MR) is 84.8 cm³/mol. The Morgan fingerprint density at radius 1 is 1.30 bits per heavy atom. The van der Waals surface area contributed by atoms with Crippen molar-refractivity contribution >= 4 is 32.5 Å². The number of aromatic nitrogens is 1. The Morgan fingerprint density at radius 3 is 2.75 bits per heavy atom. The zero-order valence-electron chi connectivity index (χ0n) is 11.4. The van der Waals surface area contributed by atoms with Crippen molar-refractivity contribution in [3.05, 3.63) is 34.4 Å². The molecule has 0 aliphatic carbocycles. The topological polar surface area (TPSA) is 39.9 Å². The molecule has 1 saturated heterocycles. The number of piperidine rings is 1. The van der Waals surface area contributed by atoms with E-state index in [-0.39, 0.29) is 0 Å². The van der Waals surface area contributed by atoms with Crippen LogP contribution in [-0.4, -0.2) is 18.1 Å². The Kier molecular flexibility index (Phi) is 3.62. The third kappa shape index (κ3) is 2.38. The van der Waals surface area contributed by atoms with Gasteiger partial charge in [-0.3, -0.25) is 0 Å². The summed E-state index contributed by atoms with van der Waals surface area (Å²) in [6, 6.07) is 8.01. The van der Waals surface area contributed by atoms with Crippen molar-refractivity contribution in [2.24, 2.45) is 5.92 Å². The molecular weight excluding hydrogens is 314 g/mol. The van der Waals surface area contributed by atoms with Crippen LogP contribution < -0.4 is 4.90 Å². The summed E-state index contributed by atoms with van der Waals surface area (Å²) in [6.45, 7) is 4.39. The van der Waals surface area contributed by atoms with Gasteiger partial charge in [0.05, 0.1) is 11.6 Å². The van der Waals surface area contributed by atoms with Crippen LogP contribution in [0.2, 0.25) is 0 Å². The minimum atomic E-state index is 0.684. The van der Waals surface area contributed by atoms with E-state index in [1.807, 2.05) is 24.4 Å². The van der Waals surface area contributed by atoms with E-state index >= 15 is 0 Å². The maximum atomic E-state index is 9.11. The number of nitriles is 1. The van der Waals surface area contributed by atoms with Crippen LogP contribution >= 0.6 is 15.9 Å². The molecule has 0 N–H and O–H groups in total. The Morgan fingerprint density at radius 2 is 2.05 bits per heavy atom. The summed E-state index contributed by atoms with van der Waals surface area (Å²) in [5.74, 6) is 1.80. The number of hydrogen-bond donors (Lipinski definition) is 0. The molecule has 0 unspecified atom stereocenters. The first kappa shape index (κ1) is 13.4. The van der Waals surface area contributed by atoms with Crippen molar-refractivity contribution in [3.63, 3.8) is 0 Å². The second kappa shape index (κ2) is 5.41. The molecule has 0 saturated carbocycles. The lowest BCUT2D eigenvalue weighted by Crippen LogP contribution is -2.33. The van der Waals surface area contributed by atoms with Gasteiger partial charge in [0.25, 0.3) is 0 Å². The van der Waals surface area contributed by atoms with Gasteiger partial charge in [0, 0.05) is 34.5 Å². The number of hydrogen-bond acceptors (Lipinski definition) is 3. The number of nitrogens with zero attached hydrogens (tertiary/aromatic N) is 3. The van der Waals surface area contributed by atoms with Gasteiger partial charge in [-0.2, -0.15) is 5.26 Å². The van der Waals surface area contributed by atoms with Crippen molar-refractivity contribution in [2.75, 3.05) is 18.0 Å². The standard InChI is InChI=1S/C16H16BrN3/c1-11-4-6-20(7-5-11)16-14-8-12(9-18)2-3-13(14)15(17)10-19-16/h2-3,8,10-11H,4-7H2,1H3. The van der Waals surface area contributed by atoms with Gasteiger partial charge in [-0.25, -0.2) is 4.98 Å². The zero-order valence-corrected chi connectivity index (χ0v) is 13.0. The van der Waals surface area contributed by atoms with Crippen molar-refractivity contribution in [1.29, 1.82) is 5.26 Å². The minimum Gasteiger partial charge on any atom is -0.356 e. The molecule has 4 heteroatoms. The quantitative estimate of drug-likeness (QED) is 0.790. The number of pyridine rings is 1. The highest BCUT2D eigenvalue weighted by Gasteiger charge is 2.19. The van der Waals surface area contributed by atoms with Gasteiger partial charge in [-0.05, 0) is 46.8 Å². The molecule has 3 rings (SSSR count). The summed E-state index contributed by atoms with van der Waals surface area (Å²) in [7, 11) is 0. The van der Waals surface area contributed by atoms with Crippen LogP contribution in [-0.2, 0) is 0 Å². The van der Waals surface area contributed by atoms with Crippen LogP contribution in [0.3, 0.4) is 0 Å². The Hall–Kier alpha value is -1.60. The summed E-state index contributed by atoms with van der Waals surface area (Å²) in [5.41, 5.74) is 0.684. The summed E-state index contributed by atoms with van der Waals surface area (Å²) in [6.07, 6.45) is 4.27. The van der Waals surface area contributed by atoms with Crippen LogP contribution in [0.1, 0.15) is 25.3 Å². The molecular formula is C16H16BrN3. The van der Waals surface area contributed by atoms with Crippen molar-refractivity contribution in [1.82, 2.24) is 4.98 Å². The molecule has 20 heavy (non-hydrogen) atoms. The van der Waals surface area contributed by atoms with E-state index in [2.05, 4.69) is 38.8 Å². The van der Waals surface area contributed by atoms with Gasteiger partial charge in [0.2, 0.25) is 0 Å². The largest absolute Gasteiger partial charge is 0.356 e. The number of halogens is 1. The Balaban J connectivity index is 2.10. The summed E-state index contributed by atoms with van der Waals surface area (Å²) < 4.78 is 0.978. The average Bonchev–Trinajstić information content (AvgIpc) is 2.48. The predicted octanol–water partition coefficient (Wildman–Crippen LogP) is 4.11. The van der Waals surface area contributed by atoms with Crippen molar-refractivity contribution in [3.8, 4) is 6.07 Å². The Bertz CT molecular complexity index is 682.